The van der Waals surface area contributed by atoms with Crippen molar-refractivity contribution >= 4 is 29.2 Å². The van der Waals surface area contributed by atoms with Crippen LogP contribution in [0.15, 0.2) is 53.5 Å². The van der Waals surface area contributed by atoms with E-state index in [0.29, 0.717) is 10.8 Å². The third-order valence-electron chi connectivity index (χ3n) is 4.53. The van der Waals surface area contributed by atoms with Gasteiger partial charge in [-0.05, 0) is 37.6 Å². The molecule has 0 unspecified atom stereocenters. The Balaban J connectivity index is 1.63. The van der Waals surface area contributed by atoms with E-state index >= 15 is 0 Å². The molecule has 0 aromatic heterocycles. The minimum absolute atomic E-state index is 0.158. The summed E-state index contributed by atoms with van der Waals surface area (Å²) in [6.07, 6.45) is 0. The van der Waals surface area contributed by atoms with E-state index in [0.717, 1.165) is 5.56 Å². The second-order valence-corrected chi connectivity index (χ2v) is 6.43. The Kier molecular flexibility index (Phi) is 3.12. The number of para-hydroxylation sites is 1. The van der Waals surface area contributed by atoms with Gasteiger partial charge in [-0.3, -0.25) is 9.59 Å². The molecule has 2 aromatic carbocycles. The largest absolute Gasteiger partial charge is 0.378 e. The van der Waals surface area contributed by atoms with Crippen molar-refractivity contribution in [1.82, 2.24) is 5.06 Å². The minimum atomic E-state index is -0.810. The van der Waals surface area contributed by atoms with Crippen molar-refractivity contribution in [2.75, 3.05) is 0 Å². The van der Waals surface area contributed by atoms with Gasteiger partial charge in [0.1, 0.15) is 5.71 Å². The number of carbonyl (C=O) groups excluding carboxylic acids is 3. The van der Waals surface area contributed by atoms with Crippen molar-refractivity contribution in [3.8, 4) is 0 Å². The van der Waals surface area contributed by atoms with Gasteiger partial charge in [0, 0.05) is 5.41 Å². The van der Waals surface area contributed by atoms with Gasteiger partial charge in [0.15, 0.2) is 0 Å². The minimum Gasteiger partial charge on any atom is -0.323 e. The summed E-state index contributed by atoms with van der Waals surface area (Å²) >= 11 is 0. The molecule has 124 valence electrons. The second kappa shape index (κ2) is 5.11. The molecular formula is C19H14N2O4. The third-order valence-corrected chi connectivity index (χ3v) is 4.53. The molecule has 2 aromatic rings. The lowest BCUT2D eigenvalue weighted by Gasteiger charge is -2.22. The molecule has 2 amide bonds. The monoisotopic (exact) mass is 334 g/mol. The average molecular weight is 334 g/mol. The van der Waals surface area contributed by atoms with Crippen molar-refractivity contribution in [1.29, 1.82) is 0 Å². The number of fused-ring (bicyclic) bond motifs is 2. The molecule has 6 nitrogen and oxygen atoms in total. The zero-order valence-electron chi connectivity index (χ0n) is 13.6. The zero-order valence-corrected chi connectivity index (χ0v) is 13.6. The van der Waals surface area contributed by atoms with E-state index in [2.05, 4.69) is 4.99 Å². The topological polar surface area (TPSA) is 76.0 Å². The van der Waals surface area contributed by atoms with Gasteiger partial charge in [-0.2, -0.15) is 0 Å². The van der Waals surface area contributed by atoms with Gasteiger partial charge < -0.3 is 4.84 Å². The Hall–Kier alpha value is -3.28. The number of amides is 2. The highest BCUT2D eigenvalue weighted by atomic mass is 16.7. The number of carbonyl (C=O) groups is 3. The predicted molar refractivity (Wildman–Crippen MR) is 89.6 cm³/mol. The molecule has 0 bridgehead atoms. The number of imide groups is 1. The standard InChI is InChI=1S/C19H14N2O4/c1-19(2)13-9-5-6-10-14(13)20-15(19)18(24)25-21-16(22)11-7-3-4-8-12(11)17(21)23/h3-10H,1-2H3. The molecule has 2 aliphatic rings. The fourth-order valence-corrected chi connectivity index (χ4v) is 3.16. The molecule has 2 aliphatic heterocycles. The summed E-state index contributed by atoms with van der Waals surface area (Å²) in [5.74, 6) is -2.11. The maximum absolute atomic E-state index is 12.6. The second-order valence-electron chi connectivity index (χ2n) is 6.43. The quantitative estimate of drug-likeness (QED) is 0.791. The summed E-state index contributed by atoms with van der Waals surface area (Å²) in [5, 5.41) is 0.509. The molecule has 0 N–H and O–H groups in total. The Morgan fingerprint density at radius 2 is 1.52 bits per heavy atom. The lowest BCUT2D eigenvalue weighted by Crippen LogP contribution is -2.40. The van der Waals surface area contributed by atoms with E-state index in [1.807, 2.05) is 32.0 Å². The van der Waals surface area contributed by atoms with Crippen LogP contribution < -0.4 is 0 Å². The van der Waals surface area contributed by atoms with Crippen molar-refractivity contribution in [3.05, 3.63) is 65.2 Å². The van der Waals surface area contributed by atoms with Gasteiger partial charge in [-0.15, -0.1) is 0 Å². The molecule has 4 rings (SSSR count). The molecule has 0 spiro atoms. The molecule has 0 aliphatic carbocycles. The van der Waals surface area contributed by atoms with Crippen LogP contribution in [0.2, 0.25) is 0 Å². The fourth-order valence-electron chi connectivity index (χ4n) is 3.16. The van der Waals surface area contributed by atoms with Gasteiger partial charge in [0.2, 0.25) is 0 Å². The molecule has 0 saturated carbocycles. The van der Waals surface area contributed by atoms with Crippen molar-refractivity contribution < 1.29 is 19.2 Å². The first-order valence-corrected chi connectivity index (χ1v) is 7.80. The molecule has 0 atom stereocenters. The van der Waals surface area contributed by atoms with Crippen LogP contribution in [0, 0.1) is 0 Å². The van der Waals surface area contributed by atoms with Crippen molar-refractivity contribution in [2.24, 2.45) is 4.99 Å². The van der Waals surface area contributed by atoms with E-state index < -0.39 is 23.2 Å². The van der Waals surface area contributed by atoms with Gasteiger partial charge in [0.25, 0.3) is 11.8 Å². The highest BCUT2D eigenvalue weighted by Gasteiger charge is 2.44. The average Bonchev–Trinajstić information content (AvgIpc) is 3.02. The Labute approximate surface area is 143 Å². The molecular weight excluding hydrogens is 320 g/mol. The van der Waals surface area contributed by atoms with Crippen LogP contribution in [-0.2, 0) is 15.0 Å². The molecule has 2 heterocycles. The van der Waals surface area contributed by atoms with Crippen LogP contribution in [0.5, 0.6) is 0 Å². The van der Waals surface area contributed by atoms with Crippen LogP contribution in [0.3, 0.4) is 0 Å². The first-order chi connectivity index (χ1) is 11.9. The summed E-state index contributed by atoms with van der Waals surface area (Å²) in [6.45, 7) is 3.70. The van der Waals surface area contributed by atoms with Crippen LogP contribution in [0.1, 0.15) is 40.1 Å². The van der Waals surface area contributed by atoms with Crippen molar-refractivity contribution in [3.63, 3.8) is 0 Å². The van der Waals surface area contributed by atoms with Crippen LogP contribution in [0.25, 0.3) is 0 Å². The highest BCUT2D eigenvalue weighted by Crippen LogP contribution is 2.40. The highest BCUT2D eigenvalue weighted by molar-refractivity contribution is 6.42. The lowest BCUT2D eigenvalue weighted by molar-refractivity contribution is -0.159. The van der Waals surface area contributed by atoms with Gasteiger partial charge >= 0.3 is 5.97 Å². The Bertz CT molecular complexity index is 940. The Morgan fingerprint density at radius 3 is 2.12 bits per heavy atom. The number of hydrogen-bond acceptors (Lipinski definition) is 5. The number of hydrogen-bond donors (Lipinski definition) is 0. The van der Waals surface area contributed by atoms with E-state index in [1.165, 1.54) is 12.1 Å². The van der Waals surface area contributed by atoms with Crippen LogP contribution in [0.4, 0.5) is 5.69 Å². The fraction of sp³-hybridized carbons (Fsp3) is 0.158. The van der Waals surface area contributed by atoms with E-state index in [1.54, 1.807) is 18.2 Å². The van der Waals surface area contributed by atoms with Crippen LogP contribution in [-0.4, -0.2) is 28.6 Å². The number of nitrogens with zero attached hydrogens (tertiary/aromatic N) is 2. The zero-order chi connectivity index (χ0) is 17.8. The van der Waals surface area contributed by atoms with E-state index in [-0.39, 0.29) is 16.8 Å². The van der Waals surface area contributed by atoms with E-state index in [9.17, 15) is 14.4 Å². The number of aliphatic imine (C=N–C) groups is 1. The maximum atomic E-state index is 12.6. The summed E-state index contributed by atoms with van der Waals surface area (Å²) in [5.41, 5.74) is 1.50. The number of benzene rings is 2. The Morgan fingerprint density at radius 1 is 0.960 bits per heavy atom. The molecule has 25 heavy (non-hydrogen) atoms. The third kappa shape index (κ3) is 2.11. The smallest absolute Gasteiger partial charge is 0.323 e. The van der Waals surface area contributed by atoms with Crippen molar-refractivity contribution in [2.45, 2.75) is 19.3 Å². The molecule has 0 fully saturated rings. The summed E-state index contributed by atoms with van der Waals surface area (Å²) in [7, 11) is 0. The van der Waals surface area contributed by atoms with Crippen LogP contribution >= 0.6 is 0 Å². The van der Waals surface area contributed by atoms with E-state index in [4.69, 9.17) is 4.84 Å². The SMILES string of the molecule is CC1(C)C(C(=O)ON2C(=O)c3ccccc3C2=O)=Nc2ccccc21. The molecule has 6 heteroatoms. The molecule has 0 saturated heterocycles. The van der Waals surface area contributed by atoms with Gasteiger partial charge in [-0.25, -0.2) is 9.79 Å². The lowest BCUT2D eigenvalue weighted by atomic mass is 9.81. The predicted octanol–water partition coefficient (Wildman–Crippen LogP) is 2.80. The first kappa shape index (κ1) is 15.3. The summed E-state index contributed by atoms with van der Waals surface area (Å²) in [4.78, 5) is 46.8. The van der Waals surface area contributed by atoms with Gasteiger partial charge in [0.05, 0.1) is 16.8 Å². The van der Waals surface area contributed by atoms with Gasteiger partial charge in [-0.1, -0.05) is 35.4 Å². The normalized spacial score (nSPS) is 17.2. The summed E-state index contributed by atoms with van der Waals surface area (Å²) < 4.78 is 0. The first-order valence-electron chi connectivity index (χ1n) is 7.80. The maximum Gasteiger partial charge on any atom is 0.378 e. The summed E-state index contributed by atoms with van der Waals surface area (Å²) in [6, 6.07) is 13.7. The molecule has 0 radical (unpaired) electrons. The number of hydroxylamine groups is 2. The number of rotatable bonds is 2.